The summed E-state index contributed by atoms with van der Waals surface area (Å²) >= 11 is 0. The molecule has 0 bridgehead atoms. The Kier molecular flexibility index (Phi) is 3.07. The van der Waals surface area contributed by atoms with E-state index in [1.54, 1.807) is 0 Å². The first kappa shape index (κ1) is 11.9. The molecule has 1 aromatic carbocycles. The minimum Gasteiger partial charge on any atom is -0.374 e. The number of amides is 1. The lowest BCUT2D eigenvalue weighted by Crippen LogP contribution is -2.52. The van der Waals surface area contributed by atoms with Gasteiger partial charge in [0.2, 0.25) is 5.91 Å². The van der Waals surface area contributed by atoms with Crippen molar-refractivity contribution in [3.8, 4) is 0 Å². The summed E-state index contributed by atoms with van der Waals surface area (Å²) in [6.45, 7) is 5.22. The Labute approximate surface area is 102 Å². The van der Waals surface area contributed by atoms with E-state index < -0.39 is 0 Å². The second-order valence-electron chi connectivity index (χ2n) is 4.98. The SMILES string of the molecule is CNC(C)(C)CN1C(=O)CNc2ccccc21. The fourth-order valence-electron chi connectivity index (χ4n) is 1.91. The number of nitrogens with zero attached hydrogens (tertiary/aromatic N) is 1. The molecule has 17 heavy (non-hydrogen) atoms. The van der Waals surface area contributed by atoms with Gasteiger partial charge in [-0.2, -0.15) is 0 Å². The van der Waals surface area contributed by atoms with Crippen molar-refractivity contribution in [3.05, 3.63) is 24.3 Å². The Morgan fingerprint density at radius 1 is 1.41 bits per heavy atom. The molecule has 0 unspecified atom stereocenters. The van der Waals surface area contributed by atoms with E-state index in [1.807, 2.05) is 36.2 Å². The number of para-hydroxylation sites is 2. The zero-order valence-electron chi connectivity index (χ0n) is 10.6. The normalized spacial score (nSPS) is 15.5. The summed E-state index contributed by atoms with van der Waals surface area (Å²) in [5.41, 5.74) is 1.89. The van der Waals surface area contributed by atoms with Crippen molar-refractivity contribution in [1.29, 1.82) is 0 Å². The molecule has 0 radical (unpaired) electrons. The number of nitrogens with one attached hydrogen (secondary N) is 2. The fourth-order valence-corrected chi connectivity index (χ4v) is 1.91. The van der Waals surface area contributed by atoms with Gasteiger partial charge in [-0.1, -0.05) is 12.1 Å². The van der Waals surface area contributed by atoms with E-state index >= 15 is 0 Å². The van der Waals surface area contributed by atoms with Crippen LogP contribution in [0.15, 0.2) is 24.3 Å². The van der Waals surface area contributed by atoms with Gasteiger partial charge in [0, 0.05) is 12.1 Å². The number of carbonyl (C=O) groups is 1. The van der Waals surface area contributed by atoms with Crippen LogP contribution in [0.5, 0.6) is 0 Å². The van der Waals surface area contributed by atoms with Crippen molar-refractivity contribution >= 4 is 17.3 Å². The second kappa shape index (κ2) is 4.37. The number of hydrogen-bond acceptors (Lipinski definition) is 3. The average molecular weight is 233 g/mol. The highest BCUT2D eigenvalue weighted by Crippen LogP contribution is 2.29. The van der Waals surface area contributed by atoms with Gasteiger partial charge in [0.25, 0.3) is 0 Å². The van der Waals surface area contributed by atoms with Crippen molar-refractivity contribution < 1.29 is 4.79 Å². The zero-order chi connectivity index (χ0) is 12.5. The molecule has 1 amide bonds. The van der Waals surface area contributed by atoms with E-state index in [2.05, 4.69) is 24.5 Å². The number of rotatable bonds is 3. The maximum absolute atomic E-state index is 12.0. The number of anilines is 2. The number of benzene rings is 1. The van der Waals surface area contributed by atoms with Crippen LogP contribution in [0, 0.1) is 0 Å². The quantitative estimate of drug-likeness (QED) is 0.830. The van der Waals surface area contributed by atoms with Gasteiger partial charge in [-0.05, 0) is 33.0 Å². The van der Waals surface area contributed by atoms with Crippen molar-refractivity contribution in [2.45, 2.75) is 19.4 Å². The molecule has 0 aliphatic carbocycles. The molecule has 1 heterocycles. The Morgan fingerprint density at radius 2 is 2.12 bits per heavy atom. The van der Waals surface area contributed by atoms with Gasteiger partial charge in [0.15, 0.2) is 0 Å². The predicted octanol–water partition coefficient (Wildman–Crippen LogP) is 1.44. The summed E-state index contributed by atoms with van der Waals surface area (Å²) in [4.78, 5) is 13.8. The van der Waals surface area contributed by atoms with Gasteiger partial charge < -0.3 is 15.5 Å². The van der Waals surface area contributed by atoms with E-state index in [1.165, 1.54) is 0 Å². The third kappa shape index (κ3) is 2.42. The Hall–Kier alpha value is -1.55. The van der Waals surface area contributed by atoms with Crippen molar-refractivity contribution in [2.75, 3.05) is 30.4 Å². The Bertz CT molecular complexity index is 428. The number of hydrogen-bond donors (Lipinski definition) is 2. The molecule has 0 aromatic heterocycles. The first-order valence-electron chi connectivity index (χ1n) is 5.86. The lowest BCUT2D eigenvalue weighted by atomic mass is 10.0. The third-order valence-corrected chi connectivity index (χ3v) is 3.16. The van der Waals surface area contributed by atoms with E-state index in [0.29, 0.717) is 13.1 Å². The molecule has 1 aromatic rings. The molecular weight excluding hydrogens is 214 g/mol. The van der Waals surface area contributed by atoms with Gasteiger partial charge >= 0.3 is 0 Å². The summed E-state index contributed by atoms with van der Waals surface area (Å²) in [6.07, 6.45) is 0. The van der Waals surface area contributed by atoms with E-state index in [9.17, 15) is 4.79 Å². The molecule has 4 nitrogen and oxygen atoms in total. The Morgan fingerprint density at radius 3 is 2.82 bits per heavy atom. The third-order valence-electron chi connectivity index (χ3n) is 3.16. The first-order valence-corrected chi connectivity index (χ1v) is 5.86. The highest BCUT2D eigenvalue weighted by atomic mass is 16.2. The molecule has 2 N–H and O–H groups in total. The molecular formula is C13H19N3O. The fraction of sp³-hybridized carbons (Fsp3) is 0.462. The molecule has 1 aliphatic rings. The van der Waals surface area contributed by atoms with Crippen LogP contribution in [0.3, 0.4) is 0 Å². The summed E-state index contributed by atoms with van der Waals surface area (Å²) in [6, 6.07) is 7.91. The van der Waals surface area contributed by atoms with Crippen LogP contribution in [-0.2, 0) is 4.79 Å². The lowest BCUT2D eigenvalue weighted by molar-refractivity contribution is -0.117. The largest absolute Gasteiger partial charge is 0.374 e. The molecule has 0 saturated carbocycles. The Balaban J connectivity index is 2.30. The predicted molar refractivity (Wildman–Crippen MR) is 70.4 cm³/mol. The first-order chi connectivity index (χ1) is 8.03. The highest BCUT2D eigenvalue weighted by Gasteiger charge is 2.28. The minimum absolute atomic E-state index is 0.0971. The van der Waals surface area contributed by atoms with Crippen molar-refractivity contribution in [1.82, 2.24) is 5.32 Å². The van der Waals surface area contributed by atoms with E-state index in [4.69, 9.17) is 0 Å². The van der Waals surface area contributed by atoms with E-state index in [0.717, 1.165) is 11.4 Å². The van der Waals surface area contributed by atoms with Gasteiger partial charge in [0.1, 0.15) is 0 Å². The van der Waals surface area contributed by atoms with Crippen LogP contribution in [0.2, 0.25) is 0 Å². The van der Waals surface area contributed by atoms with Crippen LogP contribution in [0.25, 0.3) is 0 Å². The number of likely N-dealkylation sites (N-methyl/N-ethyl adjacent to an activating group) is 1. The average Bonchev–Trinajstić information content (AvgIpc) is 2.33. The molecule has 92 valence electrons. The summed E-state index contributed by atoms with van der Waals surface area (Å²) in [5, 5.41) is 6.36. The number of carbonyl (C=O) groups excluding carboxylic acids is 1. The molecule has 0 saturated heterocycles. The molecule has 0 fully saturated rings. The van der Waals surface area contributed by atoms with Gasteiger partial charge in [-0.3, -0.25) is 4.79 Å². The summed E-state index contributed by atoms with van der Waals surface area (Å²) in [7, 11) is 1.92. The minimum atomic E-state index is -0.0971. The van der Waals surface area contributed by atoms with Gasteiger partial charge in [0.05, 0.1) is 17.9 Å². The highest BCUT2D eigenvalue weighted by molar-refractivity contribution is 6.02. The second-order valence-corrected chi connectivity index (χ2v) is 4.98. The standard InChI is InChI=1S/C13H19N3O/c1-13(2,14-3)9-16-11-7-5-4-6-10(11)15-8-12(16)17/h4-7,14-15H,8-9H2,1-3H3. The van der Waals surface area contributed by atoms with Crippen LogP contribution in [-0.4, -0.2) is 31.6 Å². The van der Waals surface area contributed by atoms with E-state index in [-0.39, 0.29) is 11.4 Å². The number of fused-ring (bicyclic) bond motifs is 1. The van der Waals surface area contributed by atoms with Crippen LogP contribution in [0.4, 0.5) is 11.4 Å². The molecule has 1 aliphatic heterocycles. The summed E-state index contributed by atoms with van der Waals surface area (Å²) in [5.74, 6) is 0.118. The van der Waals surface area contributed by atoms with Crippen molar-refractivity contribution in [3.63, 3.8) is 0 Å². The van der Waals surface area contributed by atoms with Crippen LogP contribution in [0.1, 0.15) is 13.8 Å². The van der Waals surface area contributed by atoms with Crippen LogP contribution < -0.4 is 15.5 Å². The lowest BCUT2D eigenvalue weighted by Gasteiger charge is -2.36. The molecule has 0 spiro atoms. The maximum Gasteiger partial charge on any atom is 0.246 e. The zero-order valence-corrected chi connectivity index (χ0v) is 10.6. The van der Waals surface area contributed by atoms with Gasteiger partial charge in [-0.15, -0.1) is 0 Å². The maximum atomic E-state index is 12.0. The molecule has 4 heteroatoms. The molecule has 0 atom stereocenters. The topological polar surface area (TPSA) is 44.4 Å². The smallest absolute Gasteiger partial charge is 0.246 e. The van der Waals surface area contributed by atoms with Crippen LogP contribution >= 0.6 is 0 Å². The molecule has 2 rings (SSSR count). The summed E-state index contributed by atoms with van der Waals surface area (Å²) < 4.78 is 0. The monoisotopic (exact) mass is 233 g/mol. The van der Waals surface area contributed by atoms with Crippen molar-refractivity contribution in [2.24, 2.45) is 0 Å². The van der Waals surface area contributed by atoms with Gasteiger partial charge in [-0.25, -0.2) is 0 Å².